The smallest absolute Gasteiger partial charge is 0.0548 e. The molecular formula is C37H49NO9Se. The number of benzene rings is 2. The summed E-state index contributed by atoms with van der Waals surface area (Å²) in [7, 11) is 3.14. The Hall–Kier alpha value is -2.60. The number of carbonyl (C=O) groups is 2. The predicted molar refractivity (Wildman–Crippen MR) is 181 cm³/mol. The minimum atomic E-state index is -1.56. The first-order valence-corrected chi connectivity index (χ1v) is 18.6. The molecule has 0 unspecified atom stereocenters. The van der Waals surface area contributed by atoms with Gasteiger partial charge in [-0.2, -0.15) is 0 Å². The van der Waals surface area contributed by atoms with Gasteiger partial charge < -0.3 is 0 Å². The number of nitrogens with one attached hydrogen (secondary N) is 1. The zero-order valence-corrected chi connectivity index (χ0v) is 30.4. The van der Waals surface area contributed by atoms with E-state index in [9.17, 15) is 9.59 Å². The number of hydrogen-bond donors (Lipinski definition) is 1. The van der Waals surface area contributed by atoms with Gasteiger partial charge in [0.2, 0.25) is 0 Å². The molecule has 0 saturated carbocycles. The number of methoxy groups -OCH3 is 2. The van der Waals surface area contributed by atoms with E-state index in [1.165, 1.54) is 11.6 Å². The number of amides is 1. The first-order valence-electron chi connectivity index (χ1n) is 16.5. The summed E-state index contributed by atoms with van der Waals surface area (Å²) in [5, 5.41) is 3.88. The van der Waals surface area contributed by atoms with E-state index < -0.39 is 47.6 Å². The topological polar surface area (TPSA) is 111 Å². The molecule has 262 valence electrons. The van der Waals surface area contributed by atoms with Crippen LogP contribution < -0.4 is 9.78 Å². The van der Waals surface area contributed by atoms with Crippen molar-refractivity contribution in [2.75, 3.05) is 21.0 Å². The maximum atomic E-state index is 14.5. The normalized spacial score (nSPS) is 33.5. The molecular weight excluding hydrogens is 681 g/mol. The number of carbonyl (C=O) groups excluding carboxylic acids is 2. The quantitative estimate of drug-likeness (QED) is 0.195. The fourth-order valence-corrected chi connectivity index (χ4v) is 9.53. The Morgan fingerprint density at radius 3 is 2.38 bits per heavy atom. The molecule has 3 fully saturated rings. The molecule has 0 aromatic heterocycles. The van der Waals surface area contributed by atoms with Crippen LogP contribution in [0.3, 0.4) is 0 Å². The van der Waals surface area contributed by atoms with Gasteiger partial charge in [0.25, 0.3) is 0 Å². The van der Waals surface area contributed by atoms with E-state index in [1.807, 2.05) is 25.1 Å². The van der Waals surface area contributed by atoms with Gasteiger partial charge in [-0.1, -0.05) is 19.9 Å². The number of ether oxygens (including phenoxy) is 7. The number of hydrogen-bond acceptors (Lipinski definition) is 9. The third kappa shape index (κ3) is 7.74. The summed E-state index contributed by atoms with van der Waals surface area (Å²) in [6.07, 6.45) is -1.82. The fourth-order valence-electron chi connectivity index (χ4n) is 7.06. The Labute approximate surface area is 290 Å². The van der Waals surface area contributed by atoms with Gasteiger partial charge in [-0.25, -0.2) is 0 Å². The van der Waals surface area contributed by atoms with Gasteiger partial charge in [0, 0.05) is 7.11 Å². The minimum Gasteiger partial charge on any atom is -0.0548 e. The second-order valence-corrected chi connectivity index (χ2v) is 15.7. The summed E-state index contributed by atoms with van der Waals surface area (Å²) in [6.45, 7) is 12.1. The molecule has 10 atom stereocenters. The summed E-state index contributed by atoms with van der Waals surface area (Å²) < 4.78 is 44.6. The molecule has 3 heterocycles. The van der Waals surface area contributed by atoms with Crippen LogP contribution >= 0.6 is 0 Å². The Kier molecular flexibility index (Phi) is 12.2. The van der Waals surface area contributed by atoms with E-state index in [-0.39, 0.29) is 51.9 Å². The number of esters is 1. The molecule has 0 spiro atoms. The summed E-state index contributed by atoms with van der Waals surface area (Å²) in [4.78, 5) is 28.1. The Balaban J connectivity index is 1.44. The van der Waals surface area contributed by atoms with E-state index in [0.29, 0.717) is 18.4 Å². The first-order chi connectivity index (χ1) is 23.0. The molecule has 48 heavy (non-hydrogen) atoms. The van der Waals surface area contributed by atoms with Crippen LogP contribution in [0.15, 0.2) is 73.3 Å². The van der Waals surface area contributed by atoms with Gasteiger partial charge in [-0.05, 0) is 0 Å². The Morgan fingerprint density at radius 1 is 1.04 bits per heavy atom. The molecule has 3 aliphatic heterocycles. The molecule has 3 aliphatic rings. The second-order valence-electron chi connectivity index (χ2n) is 13.4. The summed E-state index contributed by atoms with van der Waals surface area (Å²) in [6, 6.07) is 18.9. The third-order valence-electron chi connectivity index (χ3n) is 10.1. The van der Waals surface area contributed by atoms with Crippen LogP contribution in [0.25, 0.3) is 0 Å². The molecule has 5 rings (SSSR count). The third-order valence-corrected chi connectivity index (χ3v) is 12.6. The predicted octanol–water partition coefficient (Wildman–Crippen LogP) is 4.26. The maximum absolute atomic E-state index is 14.5. The van der Waals surface area contributed by atoms with Crippen molar-refractivity contribution in [1.82, 2.24) is 5.32 Å². The molecule has 10 nitrogen and oxygen atoms in total. The molecule has 3 saturated heterocycles. The van der Waals surface area contributed by atoms with E-state index in [0.717, 1.165) is 5.32 Å². The van der Waals surface area contributed by atoms with Gasteiger partial charge in [0.1, 0.15) is 0 Å². The van der Waals surface area contributed by atoms with E-state index in [4.69, 9.17) is 33.2 Å². The van der Waals surface area contributed by atoms with Crippen molar-refractivity contribution in [2.24, 2.45) is 17.3 Å². The second kappa shape index (κ2) is 16.0. The Bertz CT molecular complexity index is 1380. The average molecular weight is 731 g/mol. The molecule has 11 heteroatoms. The van der Waals surface area contributed by atoms with Crippen LogP contribution in [0.5, 0.6) is 0 Å². The van der Waals surface area contributed by atoms with Crippen LogP contribution in [0.1, 0.15) is 50.9 Å². The van der Waals surface area contributed by atoms with Gasteiger partial charge in [-0.3, -0.25) is 0 Å². The van der Waals surface area contributed by atoms with Crippen molar-refractivity contribution in [1.29, 1.82) is 0 Å². The average Bonchev–Trinajstić information content (AvgIpc) is 3.09. The molecule has 0 radical (unpaired) electrons. The van der Waals surface area contributed by atoms with Crippen LogP contribution in [0, 0.1) is 17.3 Å². The van der Waals surface area contributed by atoms with Gasteiger partial charge >= 0.3 is 257 Å². The minimum absolute atomic E-state index is 0.0872. The number of rotatable bonds is 12. The van der Waals surface area contributed by atoms with Crippen molar-refractivity contribution >= 4 is 31.3 Å². The summed E-state index contributed by atoms with van der Waals surface area (Å²) in [5.41, 5.74) is -0.110. The van der Waals surface area contributed by atoms with Gasteiger partial charge in [0.15, 0.2) is 0 Å². The van der Waals surface area contributed by atoms with E-state index in [1.54, 1.807) is 43.5 Å². The molecule has 0 aliphatic carbocycles. The molecule has 2 aromatic carbocycles. The van der Waals surface area contributed by atoms with Crippen LogP contribution in [0.2, 0.25) is 5.32 Å². The van der Waals surface area contributed by atoms with E-state index in [2.05, 4.69) is 44.8 Å². The zero-order valence-electron chi connectivity index (χ0n) is 28.7. The first kappa shape index (κ1) is 36.7. The monoisotopic (exact) mass is 731 g/mol. The fraction of sp³-hybridized carbons (Fsp3) is 0.568. The van der Waals surface area contributed by atoms with Gasteiger partial charge in [0.05, 0.1) is 0 Å². The Morgan fingerprint density at radius 2 is 1.73 bits per heavy atom. The van der Waals surface area contributed by atoms with Crippen molar-refractivity contribution in [3.05, 3.63) is 78.9 Å². The van der Waals surface area contributed by atoms with Crippen molar-refractivity contribution < 1.29 is 42.7 Å². The summed E-state index contributed by atoms with van der Waals surface area (Å²) >= 11 is 0.187. The van der Waals surface area contributed by atoms with Crippen molar-refractivity contribution in [3.8, 4) is 0 Å². The molecule has 2 aromatic rings. The van der Waals surface area contributed by atoms with E-state index >= 15 is 0 Å². The molecule has 1 N–H and O–H groups in total. The van der Waals surface area contributed by atoms with Crippen LogP contribution in [0.4, 0.5) is 0 Å². The standard InChI is InChI=1S/C37H49NO9Se/c1-8-15-28-36(4,5)31(41-6)29-30(45-28)34(44-22-43-29)38-33(39)32(46-35(40)25-16-11-9-12-17-25)37(42-7)20-26(23(2)24(3)47-37)21-48-27-18-13-10-14-19-27/h8-14,16-19,23-24,26,28-32,34H,1,15,20-22H2,2-7H3,(H,38,39)/t23-,24+,26-,28+,29-,30-,31+,32+,34-,37+/m0/s1. The van der Waals surface area contributed by atoms with Crippen LogP contribution in [-0.2, 0) is 38.0 Å². The zero-order chi connectivity index (χ0) is 34.5. The van der Waals surface area contributed by atoms with Crippen molar-refractivity contribution in [3.63, 3.8) is 0 Å². The van der Waals surface area contributed by atoms with Crippen LogP contribution in [-0.4, -0.2) is 96.5 Å². The molecule has 0 bridgehead atoms. The van der Waals surface area contributed by atoms with Crippen molar-refractivity contribution in [2.45, 2.75) is 94.5 Å². The van der Waals surface area contributed by atoms with Gasteiger partial charge in [-0.15, -0.1) is 6.58 Å². The SMILES string of the molecule is C=CC[C@H]1O[C@H]2[C@H](OCO[C@@H]2NC(=O)[C@@H](OC(=O)c2ccccc2)[C@@]2(OC)C[C@@H](C[Se]c3ccccc3)[C@@H](C)[C@@H](C)O2)[C@@H](OC)C1(C)C. The number of fused-ring (bicyclic) bond motifs is 1. The molecule has 1 amide bonds. The summed E-state index contributed by atoms with van der Waals surface area (Å²) in [5.74, 6) is -2.53.